The molecule has 0 fully saturated rings. The fourth-order valence-electron chi connectivity index (χ4n) is 1.21. The molecule has 1 heterocycles. The van der Waals surface area contributed by atoms with E-state index >= 15 is 0 Å². The van der Waals surface area contributed by atoms with Crippen LogP contribution in [-0.4, -0.2) is 43.9 Å². The van der Waals surface area contributed by atoms with E-state index in [2.05, 4.69) is 9.72 Å². The second-order valence-electron chi connectivity index (χ2n) is 3.45. The summed E-state index contributed by atoms with van der Waals surface area (Å²) < 4.78 is 29.5. The summed E-state index contributed by atoms with van der Waals surface area (Å²) >= 11 is 0. The molecule has 0 bridgehead atoms. The zero-order valence-electron chi connectivity index (χ0n) is 10.0. The van der Waals surface area contributed by atoms with Crippen LogP contribution in [0, 0.1) is 0 Å². The number of nitrogens with zero attached hydrogens (tertiary/aromatic N) is 1. The summed E-state index contributed by atoms with van der Waals surface area (Å²) in [6.45, 7) is 1.44. The molecule has 0 saturated heterocycles. The van der Waals surface area contributed by atoms with Gasteiger partial charge < -0.3 is 9.72 Å². The van der Waals surface area contributed by atoms with Crippen LogP contribution < -0.4 is 5.56 Å². The van der Waals surface area contributed by atoms with E-state index in [9.17, 15) is 18.0 Å². The second kappa shape index (κ2) is 5.78. The van der Waals surface area contributed by atoms with Crippen LogP contribution in [-0.2, 0) is 19.6 Å². The minimum absolute atomic E-state index is 0.0890. The summed E-state index contributed by atoms with van der Waals surface area (Å²) in [5.41, 5.74) is -0.401. The first-order valence-corrected chi connectivity index (χ1v) is 6.62. The van der Waals surface area contributed by atoms with Crippen LogP contribution in [0.2, 0.25) is 0 Å². The number of carbonyl (C=O) groups is 1. The Morgan fingerprint density at radius 3 is 2.61 bits per heavy atom. The van der Waals surface area contributed by atoms with E-state index in [1.54, 1.807) is 6.92 Å². The van der Waals surface area contributed by atoms with Crippen molar-refractivity contribution in [3.8, 4) is 0 Å². The van der Waals surface area contributed by atoms with Crippen LogP contribution in [0.5, 0.6) is 0 Å². The van der Waals surface area contributed by atoms with E-state index < -0.39 is 21.6 Å². The number of H-pyrrole nitrogens is 1. The molecule has 0 amide bonds. The Balaban J connectivity index is 2.89. The third kappa shape index (κ3) is 3.41. The summed E-state index contributed by atoms with van der Waals surface area (Å²) in [5, 5.41) is 0. The fraction of sp³-hybridized carbons (Fsp3) is 0.400. The van der Waals surface area contributed by atoms with Gasteiger partial charge in [-0.2, -0.15) is 4.31 Å². The predicted octanol–water partition coefficient (Wildman–Crippen LogP) is -0.441. The van der Waals surface area contributed by atoms with E-state index in [0.29, 0.717) is 0 Å². The lowest BCUT2D eigenvalue weighted by Crippen LogP contribution is -2.33. The van der Waals surface area contributed by atoms with Crippen LogP contribution >= 0.6 is 0 Å². The van der Waals surface area contributed by atoms with Crippen molar-refractivity contribution in [3.05, 3.63) is 28.7 Å². The number of aromatic amines is 1. The summed E-state index contributed by atoms with van der Waals surface area (Å²) in [7, 11) is -2.55. The normalized spacial score (nSPS) is 11.5. The number of hydrogen-bond donors (Lipinski definition) is 1. The van der Waals surface area contributed by atoms with Gasteiger partial charge >= 0.3 is 5.97 Å². The van der Waals surface area contributed by atoms with Crippen LogP contribution in [0.25, 0.3) is 0 Å². The molecule has 100 valence electrons. The maximum Gasteiger partial charge on any atom is 0.321 e. The minimum atomic E-state index is -3.81. The van der Waals surface area contributed by atoms with Crippen LogP contribution in [0.4, 0.5) is 0 Å². The molecule has 0 aromatic carbocycles. The molecule has 8 heteroatoms. The molecule has 0 spiro atoms. The molecular weight excluding hydrogens is 260 g/mol. The minimum Gasteiger partial charge on any atom is -0.465 e. The van der Waals surface area contributed by atoms with E-state index in [1.807, 2.05) is 0 Å². The van der Waals surface area contributed by atoms with Gasteiger partial charge in [0, 0.05) is 19.3 Å². The van der Waals surface area contributed by atoms with Gasteiger partial charge in [-0.25, -0.2) is 8.42 Å². The molecule has 0 atom stereocenters. The maximum absolute atomic E-state index is 12.0. The van der Waals surface area contributed by atoms with Crippen molar-refractivity contribution < 1.29 is 17.9 Å². The Bertz CT molecular complexity index is 558. The predicted molar refractivity (Wildman–Crippen MR) is 63.5 cm³/mol. The van der Waals surface area contributed by atoms with Crippen molar-refractivity contribution >= 4 is 16.0 Å². The standard InChI is InChI=1S/C10H14N2O5S/c1-3-17-10(14)7-12(2)18(15,16)8-4-5-9(13)11-6-8/h4-6H,3,7H2,1-2H3,(H,11,13). The lowest BCUT2D eigenvalue weighted by atomic mass is 10.5. The van der Waals surface area contributed by atoms with Gasteiger partial charge in [0.05, 0.1) is 11.5 Å². The third-order valence-corrected chi connectivity index (χ3v) is 3.92. The molecule has 1 aromatic heterocycles. The summed E-state index contributed by atoms with van der Waals surface area (Å²) in [4.78, 5) is 24.2. The van der Waals surface area contributed by atoms with Gasteiger partial charge in [0.1, 0.15) is 6.54 Å². The molecule has 18 heavy (non-hydrogen) atoms. The average molecular weight is 274 g/mol. The molecular formula is C10H14N2O5S. The van der Waals surface area contributed by atoms with E-state index in [-0.39, 0.29) is 18.0 Å². The summed E-state index contributed by atoms with van der Waals surface area (Å²) in [6.07, 6.45) is 1.08. The van der Waals surface area contributed by atoms with Gasteiger partial charge in [0.25, 0.3) is 0 Å². The quantitative estimate of drug-likeness (QED) is 0.734. The molecule has 0 saturated carbocycles. The van der Waals surface area contributed by atoms with Crippen molar-refractivity contribution in [2.75, 3.05) is 20.2 Å². The van der Waals surface area contributed by atoms with E-state index in [0.717, 1.165) is 16.6 Å². The molecule has 7 nitrogen and oxygen atoms in total. The first-order chi connectivity index (χ1) is 8.37. The highest BCUT2D eigenvalue weighted by Gasteiger charge is 2.23. The lowest BCUT2D eigenvalue weighted by molar-refractivity contribution is -0.143. The molecule has 1 aromatic rings. The number of likely N-dealkylation sites (N-methyl/N-ethyl adjacent to an activating group) is 1. The number of sulfonamides is 1. The van der Waals surface area contributed by atoms with Crippen molar-refractivity contribution in [3.63, 3.8) is 0 Å². The first kappa shape index (κ1) is 14.4. The largest absolute Gasteiger partial charge is 0.465 e. The van der Waals surface area contributed by atoms with Crippen molar-refractivity contribution in [1.82, 2.24) is 9.29 Å². The zero-order valence-corrected chi connectivity index (χ0v) is 10.9. The number of ether oxygens (including phenoxy) is 1. The Labute approximate surface area is 104 Å². The fourth-order valence-corrected chi connectivity index (χ4v) is 2.29. The van der Waals surface area contributed by atoms with Gasteiger partial charge in [-0.1, -0.05) is 0 Å². The lowest BCUT2D eigenvalue weighted by Gasteiger charge is -2.15. The highest BCUT2D eigenvalue weighted by Crippen LogP contribution is 2.11. The number of hydrogen-bond acceptors (Lipinski definition) is 5. The smallest absolute Gasteiger partial charge is 0.321 e. The molecule has 0 aliphatic carbocycles. The van der Waals surface area contributed by atoms with Gasteiger partial charge in [-0.15, -0.1) is 0 Å². The van der Waals surface area contributed by atoms with Crippen molar-refractivity contribution in [1.29, 1.82) is 0 Å². The molecule has 0 radical (unpaired) electrons. The van der Waals surface area contributed by atoms with Gasteiger partial charge in [-0.3, -0.25) is 9.59 Å². The van der Waals surface area contributed by atoms with Gasteiger partial charge in [-0.05, 0) is 13.0 Å². The highest BCUT2D eigenvalue weighted by atomic mass is 32.2. The number of rotatable bonds is 5. The van der Waals surface area contributed by atoms with E-state index in [1.165, 1.54) is 13.1 Å². The number of nitrogens with one attached hydrogen (secondary N) is 1. The molecule has 1 N–H and O–H groups in total. The number of aromatic nitrogens is 1. The molecule has 0 aliphatic rings. The van der Waals surface area contributed by atoms with Crippen LogP contribution in [0.3, 0.4) is 0 Å². The van der Waals surface area contributed by atoms with Gasteiger partial charge in [0.2, 0.25) is 15.6 Å². The SMILES string of the molecule is CCOC(=O)CN(C)S(=O)(=O)c1ccc(=O)[nH]c1. The van der Waals surface area contributed by atoms with Crippen molar-refractivity contribution in [2.24, 2.45) is 0 Å². The molecule has 0 unspecified atom stereocenters. The summed E-state index contributed by atoms with van der Waals surface area (Å²) in [6, 6.07) is 2.28. The Morgan fingerprint density at radius 2 is 2.11 bits per heavy atom. The molecule has 0 aliphatic heterocycles. The Morgan fingerprint density at radius 1 is 1.44 bits per heavy atom. The average Bonchev–Trinajstić information content (AvgIpc) is 2.29. The molecule has 1 rings (SSSR count). The number of pyridine rings is 1. The van der Waals surface area contributed by atoms with Crippen molar-refractivity contribution in [2.45, 2.75) is 11.8 Å². The Kier molecular flexibility index (Phi) is 4.62. The maximum atomic E-state index is 12.0. The van der Waals surface area contributed by atoms with Crippen LogP contribution in [0.1, 0.15) is 6.92 Å². The van der Waals surface area contributed by atoms with Crippen LogP contribution in [0.15, 0.2) is 28.0 Å². The number of esters is 1. The second-order valence-corrected chi connectivity index (χ2v) is 5.50. The summed E-state index contributed by atoms with van der Waals surface area (Å²) in [5.74, 6) is -0.631. The topological polar surface area (TPSA) is 96.5 Å². The Hall–Kier alpha value is -1.67. The monoisotopic (exact) mass is 274 g/mol. The highest BCUT2D eigenvalue weighted by molar-refractivity contribution is 7.89. The van der Waals surface area contributed by atoms with Gasteiger partial charge in [0.15, 0.2) is 0 Å². The third-order valence-electron chi connectivity index (χ3n) is 2.12. The zero-order chi connectivity index (χ0) is 13.8. The van der Waals surface area contributed by atoms with E-state index in [4.69, 9.17) is 0 Å². The first-order valence-electron chi connectivity index (χ1n) is 5.18. The number of carbonyl (C=O) groups excluding carboxylic acids is 1.